The van der Waals surface area contributed by atoms with E-state index in [-0.39, 0.29) is 0 Å². The third-order valence-corrected chi connectivity index (χ3v) is 6.42. The van der Waals surface area contributed by atoms with Crippen LogP contribution in [0.1, 0.15) is 63.1 Å². The summed E-state index contributed by atoms with van der Waals surface area (Å²) in [5.41, 5.74) is 1.32. The molecule has 2 bridgehead atoms. The van der Waals surface area contributed by atoms with E-state index in [1.54, 1.807) is 0 Å². The third-order valence-electron chi connectivity index (χ3n) is 6.42. The standard InChI is InChI=1S/C19H28N2O/c1-20-10-5-7-17(20)18-6-3-2-4-11-21(18)19(22)16-13-14-8-9-15(16)12-14/h5,7,10,14-16,18H,2-4,6,8-9,11-13H2,1H3/t14-,15-,16-,18+/m0/s1. The number of likely N-dealkylation sites (tertiary alicyclic amines) is 1. The maximum Gasteiger partial charge on any atom is 0.226 e. The lowest BCUT2D eigenvalue weighted by Gasteiger charge is -2.35. The fourth-order valence-electron chi connectivity index (χ4n) is 5.26. The van der Waals surface area contributed by atoms with Crippen LogP contribution in [0.4, 0.5) is 0 Å². The molecule has 3 nitrogen and oxygen atoms in total. The smallest absolute Gasteiger partial charge is 0.226 e. The molecule has 1 aromatic heterocycles. The maximum atomic E-state index is 13.3. The fraction of sp³-hybridized carbons (Fsp3) is 0.737. The van der Waals surface area contributed by atoms with Gasteiger partial charge in [-0.3, -0.25) is 4.79 Å². The van der Waals surface area contributed by atoms with E-state index in [4.69, 9.17) is 0 Å². The molecule has 2 saturated carbocycles. The Kier molecular flexibility index (Phi) is 3.75. The first kappa shape index (κ1) is 14.3. The second-order valence-corrected chi connectivity index (χ2v) is 7.72. The molecule has 0 radical (unpaired) electrons. The molecule has 0 unspecified atom stereocenters. The summed E-state index contributed by atoms with van der Waals surface area (Å²) in [4.78, 5) is 15.5. The average Bonchev–Trinajstić information content (AvgIpc) is 3.20. The minimum Gasteiger partial charge on any atom is -0.353 e. The summed E-state index contributed by atoms with van der Waals surface area (Å²) in [7, 11) is 2.11. The van der Waals surface area contributed by atoms with Crippen LogP contribution in [0, 0.1) is 17.8 Å². The lowest BCUT2D eigenvalue weighted by atomic mass is 9.87. The molecule has 1 aromatic rings. The van der Waals surface area contributed by atoms with Crippen molar-refractivity contribution in [2.75, 3.05) is 6.54 Å². The monoisotopic (exact) mass is 300 g/mol. The van der Waals surface area contributed by atoms with Crippen molar-refractivity contribution >= 4 is 5.91 Å². The van der Waals surface area contributed by atoms with Gasteiger partial charge in [-0.05, 0) is 56.1 Å². The fourth-order valence-corrected chi connectivity index (χ4v) is 5.26. The second kappa shape index (κ2) is 5.75. The summed E-state index contributed by atoms with van der Waals surface area (Å²) in [6.45, 7) is 0.961. The summed E-state index contributed by atoms with van der Waals surface area (Å²) < 4.78 is 2.21. The van der Waals surface area contributed by atoms with E-state index in [9.17, 15) is 4.79 Å². The van der Waals surface area contributed by atoms with Gasteiger partial charge >= 0.3 is 0 Å². The van der Waals surface area contributed by atoms with Crippen LogP contribution < -0.4 is 0 Å². The number of amides is 1. The van der Waals surface area contributed by atoms with Crippen LogP contribution in [-0.2, 0) is 11.8 Å². The van der Waals surface area contributed by atoms with Gasteiger partial charge in [0.25, 0.3) is 0 Å². The zero-order valence-electron chi connectivity index (χ0n) is 13.7. The van der Waals surface area contributed by atoms with Gasteiger partial charge in [0.1, 0.15) is 0 Å². The highest BCUT2D eigenvalue weighted by molar-refractivity contribution is 5.80. The SMILES string of the molecule is Cn1cccc1[C@H]1CCCCCN1C(=O)[C@H]1C[C@H]2CC[C@H]1C2. The van der Waals surface area contributed by atoms with Crippen molar-refractivity contribution in [2.24, 2.45) is 24.8 Å². The first-order chi connectivity index (χ1) is 10.7. The van der Waals surface area contributed by atoms with Crippen LogP contribution in [0.5, 0.6) is 0 Å². The highest BCUT2D eigenvalue weighted by Crippen LogP contribution is 2.49. The first-order valence-electron chi connectivity index (χ1n) is 9.15. The molecule has 4 atom stereocenters. The van der Waals surface area contributed by atoms with Gasteiger partial charge in [0, 0.05) is 31.4 Å². The lowest BCUT2D eigenvalue weighted by Crippen LogP contribution is -2.41. The topological polar surface area (TPSA) is 25.2 Å². The average molecular weight is 300 g/mol. The van der Waals surface area contributed by atoms with Crippen molar-refractivity contribution in [2.45, 2.75) is 57.4 Å². The van der Waals surface area contributed by atoms with Crippen LogP contribution in [0.2, 0.25) is 0 Å². The molecule has 3 heteroatoms. The maximum absolute atomic E-state index is 13.3. The number of aromatic nitrogens is 1. The number of hydrogen-bond acceptors (Lipinski definition) is 1. The Labute approximate surface area is 133 Å². The Morgan fingerprint density at radius 1 is 1.14 bits per heavy atom. The van der Waals surface area contributed by atoms with Crippen molar-refractivity contribution < 1.29 is 4.79 Å². The van der Waals surface area contributed by atoms with Gasteiger partial charge in [0.2, 0.25) is 5.91 Å². The molecule has 2 heterocycles. The molecule has 3 aliphatic rings. The predicted octanol–water partition coefficient (Wildman–Crippen LogP) is 3.91. The molecular weight excluding hydrogens is 272 g/mol. The third kappa shape index (κ3) is 2.39. The van der Waals surface area contributed by atoms with Gasteiger partial charge < -0.3 is 9.47 Å². The molecule has 1 aliphatic heterocycles. The minimum atomic E-state index is 0.300. The van der Waals surface area contributed by atoms with Crippen LogP contribution in [0.25, 0.3) is 0 Å². The van der Waals surface area contributed by atoms with E-state index >= 15 is 0 Å². The van der Waals surface area contributed by atoms with E-state index in [0.717, 1.165) is 18.9 Å². The molecule has 2 aliphatic carbocycles. The molecule has 4 rings (SSSR count). The Bertz CT molecular complexity index is 549. The Morgan fingerprint density at radius 2 is 2.05 bits per heavy atom. The number of carbonyl (C=O) groups is 1. The largest absolute Gasteiger partial charge is 0.353 e. The summed E-state index contributed by atoms with van der Waals surface area (Å²) in [5.74, 6) is 2.34. The predicted molar refractivity (Wildman–Crippen MR) is 87.3 cm³/mol. The van der Waals surface area contributed by atoms with E-state index in [1.165, 1.54) is 50.6 Å². The number of rotatable bonds is 2. The van der Waals surface area contributed by atoms with E-state index in [2.05, 4.69) is 34.8 Å². The van der Waals surface area contributed by atoms with Gasteiger partial charge in [0.15, 0.2) is 0 Å². The van der Waals surface area contributed by atoms with Crippen molar-refractivity contribution in [3.05, 3.63) is 24.0 Å². The minimum absolute atomic E-state index is 0.300. The number of carbonyl (C=O) groups excluding carboxylic acids is 1. The van der Waals surface area contributed by atoms with Crippen LogP contribution >= 0.6 is 0 Å². The van der Waals surface area contributed by atoms with Gasteiger partial charge in [0.05, 0.1) is 6.04 Å². The number of hydrogen-bond donors (Lipinski definition) is 0. The van der Waals surface area contributed by atoms with Crippen molar-refractivity contribution in [1.82, 2.24) is 9.47 Å². The van der Waals surface area contributed by atoms with E-state index < -0.39 is 0 Å². The highest BCUT2D eigenvalue weighted by atomic mass is 16.2. The number of nitrogens with zero attached hydrogens (tertiary/aromatic N) is 2. The molecule has 120 valence electrons. The van der Waals surface area contributed by atoms with Crippen LogP contribution in [0.15, 0.2) is 18.3 Å². The molecular formula is C19H28N2O. The molecule has 22 heavy (non-hydrogen) atoms. The molecule has 1 saturated heterocycles. The van der Waals surface area contributed by atoms with Gasteiger partial charge in [-0.2, -0.15) is 0 Å². The summed E-state index contributed by atoms with van der Waals surface area (Å²) in [6.07, 6.45) is 12.1. The molecule has 0 N–H and O–H groups in total. The van der Waals surface area contributed by atoms with Gasteiger partial charge in [-0.15, -0.1) is 0 Å². The summed E-state index contributed by atoms with van der Waals surface area (Å²) >= 11 is 0. The summed E-state index contributed by atoms with van der Waals surface area (Å²) in [6, 6.07) is 4.62. The highest BCUT2D eigenvalue weighted by Gasteiger charge is 2.45. The summed E-state index contributed by atoms with van der Waals surface area (Å²) in [5, 5.41) is 0. The van der Waals surface area contributed by atoms with E-state index in [1.807, 2.05) is 0 Å². The molecule has 0 aromatic carbocycles. The quantitative estimate of drug-likeness (QED) is 0.813. The first-order valence-corrected chi connectivity index (χ1v) is 9.15. The lowest BCUT2D eigenvalue weighted by molar-refractivity contribution is -0.139. The molecule has 1 amide bonds. The number of aryl methyl sites for hydroxylation is 1. The van der Waals surface area contributed by atoms with Gasteiger partial charge in [-0.25, -0.2) is 0 Å². The van der Waals surface area contributed by atoms with Crippen LogP contribution in [-0.4, -0.2) is 21.9 Å². The zero-order valence-corrected chi connectivity index (χ0v) is 13.7. The van der Waals surface area contributed by atoms with E-state index in [0.29, 0.717) is 23.8 Å². The van der Waals surface area contributed by atoms with Crippen LogP contribution in [0.3, 0.4) is 0 Å². The van der Waals surface area contributed by atoms with Crippen molar-refractivity contribution in [3.8, 4) is 0 Å². The number of fused-ring (bicyclic) bond motifs is 2. The Hall–Kier alpha value is -1.25. The molecule has 3 fully saturated rings. The van der Waals surface area contributed by atoms with Crippen molar-refractivity contribution in [3.63, 3.8) is 0 Å². The zero-order chi connectivity index (χ0) is 15.1. The molecule has 0 spiro atoms. The Balaban J connectivity index is 1.59. The Morgan fingerprint density at radius 3 is 2.73 bits per heavy atom. The normalized spacial score (nSPS) is 34.9. The second-order valence-electron chi connectivity index (χ2n) is 7.72. The van der Waals surface area contributed by atoms with Crippen molar-refractivity contribution in [1.29, 1.82) is 0 Å². The van der Waals surface area contributed by atoms with Gasteiger partial charge in [-0.1, -0.05) is 19.3 Å².